The van der Waals surface area contributed by atoms with Gasteiger partial charge in [-0.1, -0.05) is 37.1 Å². The molecule has 4 N–H and O–H groups in total. The maximum atomic E-state index is 5.36. The molecule has 0 aliphatic heterocycles. The summed E-state index contributed by atoms with van der Waals surface area (Å²) in [4.78, 5) is 0. The van der Waals surface area contributed by atoms with E-state index in [-0.39, 0.29) is 0 Å². The average molecular weight is 471 g/mol. The lowest BCUT2D eigenvalue weighted by Crippen LogP contribution is -2.18. The highest BCUT2D eigenvalue weighted by Gasteiger charge is 2.01. The Labute approximate surface area is 207 Å². The van der Waals surface area contributed by atoms with Crippen LogP contribution in [0.3, 0.4) is 0 Å². The van der Waals surface area contributed by atoms with Crippen LogP contribution in [-0.4, -0.2) is 53.5 Å². The molecule has 2 rings (SSSR count). The van der Waals surface area contributed by atoms with Gasteiger partial charge in [-0.25, -0.2) is 0 Å². The Morgan fingerprint density at radius 2 is 0.824 bits per heavy atom. The van der Waals surface area contributed by atoms with Gasteiger partial charge in [-0.15, -0.1) is 0 Å². The second-order valence-electron chi connectivity index (χ2n) is 8.58. The number of para-hydroxylation sites is 4. The minimum absolute atomic E-state index is 0.910. The third-order valence-electron chi connectivity index (χ3n) is 5.86. The van der Waals surface area contributed by atoms with Crippen LogP contribution in [0.25, 0.3) is 0 Å². The van der Waals surface area contributed by atoms with Crippen molar-refractivity contribution in [3.8, 4) is 11.5 Å². The van der Waals surface area contributed by atoms with Crippen LogP contribution >= 0.6 is 0 Å². The van der Waals surface area contributed by atoms with Crippen LogP contribution in [0.5, 0.6) is 11.5 Å². The molecule has 0 unspecified atom stereocenters. The molecular formula is C28H46N4O2. The van der Waals surface area contributed by atoms with Crippen LogP contribution in [0.15, 0.2) is 48.5 Å². The van der Waals surface area contributed by atoms with Gasteiger partial charge in [-0.2, -0.15) is 0 Å². The minimum atomic E-state index is 0.910. The molecule has 6 nitrogen and oxygen atoms in total. The van der Waals surface area contributed by atoms with Gasteiger partial charge in [0.1, 0.15) is 11.5 Å². The molecule has 0 fully saturated rings. The van der Waals surface area contributed by atoms with Gasteiger partial charge in [0, 0.05) is 13.1 Å². The van der Waals surface area contributed by atoms with Gasteiger partial charge in [0.15, 0.2) is 0 Å². The van der Waals surface area contributed by atoms with E-state index in [0.717, 1.165) is 75.0 Å². The Morgan fingerprint density at radius 1 is 0.471 bits per heavy atom. The normalized spacial score (nSPS) is 10.8. The van der Waals surface area contributed by atoms with Crippen LogP contribution in [0.1, 0.15) is 51.4 Å². The van der Waals surface area contributed by atoms with Crippen molar-refractivity contribution in [2.45, 2.75) is 51.4 Å². The average Bonchev–Trinajstić information content (AvgIpc) is 2.88. The Balaban J connectivity index is 1.29. The molecule has 0 spiro atoms. The van der Waals surface area contributed by atoms with E-state index in [1.807, 2.05) is 36.4 Å². The number of rotatable bonds is 21. The van der Waals surface area contributed by atoms with Gasteiger partial charge in [0.05, 0.1) is 25.6 Å². The van der Waals surface area contributed by atoms with Gasteiger partial charge in [0.2, 0.25) is 0 Å². The molecule has 0 saturated carbocycles. The summed E-state index contributed by atoms with van der Waals surface area (Å²) in [6.45, 7) is 6.42. The van der Waals surface area contributed by atoms with Crippen LogP contribution in [0, 0.1) is 0 Å². The molecule has 0 bridgehead atoms. The van der Waals surface area contributed by atoms with Crippen molar-refractivity contribution in [2.75, 3.05) is 64.1 Å². The second kappa shape index (κ2) is 18.9. The third-order valence-corrected chi connectivity index (χ3v) is 5.86. The summed E-state index contributed by atoms with van der Waals surface area (Å²) in [5.74, 6) is 1.82. The lowest BCUT2D eigenvalue weighted by molar-refractivity contribution is 0.416. The maximum absolute atomic E-state index is 5.36. The number of benzene rings is 2. The lowest BCUT2D eigenvalue weighted by atomic mass is 10.2. The predicted octanol–water partition coefficient (Wildman–Crippen LogP) is 5.53. The largest absolute Gasteiger partial charge is 0.495 e. The highest BCUT2D eigenvalue weighted by atomic mass is 16.5. The number of methoxy groups -OCH3 is 2. The summed E-state index contributed by atoms with van der Waals surface area (Å²) in [7, 11) is 3.43. The molecule has 0 saturated heterocycles. The van der Waals surface area contributed by atoms with E-state index in [0.29, 0.717) is 0 Å². The van der Waals surface area contributed by atoms with E-state index in [1.54, 1.807) is 14.2 Å². The number of hydrogen-bond donors (Lipinski definition) is 4. The quantitative estimate of drug-likeness (QED) is 0.180. The van der Waals surface area contributed by atoms with Gasteiger partial charge < -0.3 is 30.7 Å². The van der Waals surface area contributed by atoms with Crippen molar-refractivity contribution in [3.05, 3.63) is 48.5 Å². The Bertz CT molecular complexity index is 693. The summed E-state index contributed by atoms with van der Waals surface area (Å²) in [5, 5.41) is 14.1. The fraction of sp³-hybridized carbons (Fsp3) is 0.571. The topological polar surface area (TPSA) is 66.6 Å². The standard InChI is InChI=1S/C28H46N4O2/c1-33-27-17-7-5-15-25(27)31-23-13-11-21-29-19-9-3-4-10-20-30-22-12-14-24-32-26-16-6-8-18-28(26)34-2/h5-8,15-18,29-32H,3-4,9-14,19-24H2,1-2H3. The number of ether oxygens (including phenoxy) is 2. The number of unbranched alkanes of at least 4 members (excludes halogenated alkanes) is 5. The first kappa shape index (κ1) is 27.8. The van der Waals surface area contributed by atoms with Crippen LogP contribution < -0.4 is 30.7 Å². The second-order valence-corrected chi connectivity index (χ2v) is 8.58. The molecule has 0 aliphatic rings. The SMILES string of the molecule is COc1ccccc1NCCCCNCCCCCCNCCCCNc1ccccc1OC. The number of nitrogens with one attached hydrogen (secondary N) is 4. The molecule has 0 radical (unpaired) electrons. The molecule has 2 aromatic rings. The molecule has 0 amide bonds. The van der Waals surface area contributed by atoms with E-state index < -0.39 is 0 Å². The first-order valence-corrected chi connectivity index (χ1v) is 13.0. The van der Waals surface area contributed by atoms with Crippen molar-refractivity contribution in [1.82, 2.24) is 10.6 Å². The molecule has 0 aromatic heterocycles. The Morgan fingerprint density at radius 3 is 1.24 bits per heavy atom. The first-order chi connectivity index (χ1) is 16.8. The molecule has 190 valence electrons. The van der Waals surface area contributed by atoms with Gasteiger partial charge in [-0.3, -0.25) is 0 Å². The molecule has 0 aliphatic carbocycles. The van der Waals surface area contributed by atoms with Crippen molar-refractivity contribution in [2.24, 2.45) is 0 Å². The first-order valence-electron chi connectivity index (χ1n) is 13.0. The number of hydrogen-bond acceptors (Lipinski definition) is 6. The summed E-state index contributed by atoms with van der Waals surface area (Å²) < 4.78 is 10.7. The molecule has 0 atom stereocenters. The zero-order chi connectivity index (χ0) is 24.1. The van der Waals surface area contributed by atoms with Crippen molar-refractivity contribution in [3.63, 3.8) is 0 Å². The van der Waals surface area contributed by atoms with E-state index in [1.165, 1.54) is 38.5 Å². The smallest absolute Gasteiger partial charge is 0.141 e. The molecule has 0 heterocycles. The molecule has 34 heavy (non-hydrogen) atoms. The van der Waals surface area contributed by atoms with Crippen molar-refractivity contribution < 1.29 is 9.47 Å². The monoisotopic (exact) mass is 470 g/mol. The Hall–Kier alpha value is -2.44. The predicted molar refractivity (Wildman–Crippen MR) is 146 cm³/mol. The van der Waals surface area contributed by atoms with Crippen molar-refractivity contribution in [1.29, 1.82) is 0 Å². The minimum Gasteiger partial charge on any atom is -0.495 e. The van der Waals surface area contributed by atoms with E-state index in [2.05, 4.69) is 33.4 Å². The van der Waals surface area contributed by atoms with Gasteiger partial charge >= 0.3 is 0 Å². The van der Waals surface area contributed by atoms with Crippen LogP contribution in [0.4, 0.5) is 11.4 Å². The lowest BCUT2D eigenvalue weighted by Gasteiger charge is -2.11. The zero-order valence-electron chi connectivity index (χ0n) is 21.3. The van der Waals surface area contributed by atoms with E-state index >= 15 is 0 Å². The van der Waals surface area contributed by atoms with Crippen LogP contribution in [-0.2, 0) is 0 Å². The van der Waals surface area contributed by atoms with Gasteiger partial charge in [0.25, 0.3) is 0 Å². The maximum Gasteiger partial charge on any atom is 0.141 e. The summed E-state index contributed by atoms with van der Waals surface area (Å²) in [6.07, 6.45) is 9.88. The molecular weight excluding hydrogens is 424 g/mol. The van der Waals surface area contributed by atoms with E-state index in [9.17, 15) is 0 Å². The van der Waals surface area contributed by atoms with E-state index in [4.69, 9.17) is 9.47 Å². The highest BCUT2D eigenvalue weighted by Crippen LogP contribution is 2.23. The summed E-state index contributed by atoms with van der Waals surface area (Å²) in [6, 6.07) is 16.2. The number of anilines is 2. The van der Waals surface area contributed by atoms with Gasteiger partial charge in [-0.05, 0) is 89.0 Å². The Kier molecular flexibility index (Phi) is 15.5. The van der Waals surface area contributed by atoms with Crippen LogP contribution in [0.2, 0.25) is 0 Å². The van der Waals surface area contributed by atoms with Crippen molar-refractivity contribution >= 4 is 11.4 Å². The fourth-order valence-corrected chi connectivity index (χ4v) is 3.88. The summed E-state index contributed by atoms with van der Waals surface area (Å²) >= 11 is 0. The summed E-state index contributed by atoms with van der Waals surface area (Å²) in [5.41, 5.74) is 2.15. The molecule has 6 heteroatoms. The zero-order valence-corrected chi connectivity index (χ0v) is 21.3. The molecule has 2 aromatic carbocycles. The highest BCUT2D eigenvalue weighted by molar-refractivity contribution is 5.56. The third kappa shape index (κ3) is 12.1. The fourth-order valence-electron chi connectivity index (χ4n) is 3.88.